The van der Waals surface area contributed by atoms with E-state index in [9.17, 15) is 9.18 Å². The zero-order valence-electron chi connectivity index (χ0n) is 22.4. The molecule has 0 aliphatic heterocycles. The number of nitrogens with one attached hydrogen (secondary N) is 1. The lowest BCUT2D eigenvalue weighted by molar-refractivity contribution is 0.156. The average Bonchev–Trinajstić information content (AvgIpc) is 3.37. The number of nitrogens with zero attached hydrogens (tertiary/aromatic N) is 6. The molecule has 200 valence electrons. The van der Waals surface area contributed by atoms with Gasteiger partial charge in [-0.15, -0.1) is 5.10 Å². The van der Waals surface area contributed by atoms with Crippen molar-refractivity contribution in [1.29, 1.82) is 0 Å². The topological polar surface area (TPSA) is 92.6 Å². The molecule has 0 fully saturated rings. The van der Waals surface area contributed by atoms with Gasteiger partial charge in [0.25, 0.3) is 5.56 Å². The third-order valence-corrected chi connectivity index (χ3v) is 6.96. The van der Waals surface area contributed by atoms with Gasteiger partial charge < -0.3 is 4.98 Å². The predicted octanol–water partition coefficient (Wildman–Crippen LogP) is 5.26. The molecule has 1 atom stereocenters. The molecule has 2 aromatic carbocycles. The summed E-state index contributed by atoms with van der Waals surface area (Å²) in [6.45, 7) is 7.58. The maximum absolute atomic E-state index is 13.5. The molecule has 0 radical (unpaired) electrons. The number of hydrogen-bond donors (Lipinski definition) is 1. The van der Waals surface area contributed by atoms with Gasteiger partial charge in [-0.25, -0.2) is 9.07 Å². The number of pyridine rings is 2. The van der Waals surface area contributed by atoms with Crippen LogP contribution in [-0.2, 0) is 19.6 Å². The second-order valence-electron chi connectivity index (χ2n) is 10.1. The van der Waals surface area contributed by atoms with Crippen LogP contribution < -0.4 is 5.56 Å². The Morgan fingerprint density at radius 3 is 2.62 bits per heavy atom. The predicted molar refractivity (Wildman–Crippen MR) is 148 cm³/mol. The molecule has 1 N–H and O–H groups in total. The van der Waals surface area contributed by atoms with Gasteiger partial charge in [-0.1, -0.05) is 43.2 Å². The Morgan fingerprint density at radius 2 is 1.87 bits per heavy atom. The number of fused-ring (bicyclic) bond motifs is 1. The SMILES string of the molecule is CCC[C@H](c1nnnn1Cc1ccc(F)cc1)N(Cc1cccnc1)Cc1cc2cc(C)cc(C)c2[nH]c1=O. The number of hydrogen-bond acceptors (Lipinski definition) is 6. The summed E-state index contributed by atoms with van der Waals surface area (Å²) in [4.78, 5) is 22.9. The summed E-state index contributed by atoms with van der Waals surface area (Å²) in [6.07, 6.45) is 5.27. The van der Waals surface area contributed by atoms with E-state index >= 15 is 0 Å². The largest absolute Gasteiger partial charge is 0.321 e. The van der Waals surface area contributed by atoms with Gasteiger partial charge in [0, 0.05) is 31.0 Å². The van der Waals surface area contributed by atoms with Gasteiger partial charge in [0.05, 0.1) is 18.1 Å². The molecule has 39 heavy (non-hydrogen) atoms. The fraction of sp³-hybridized carbons (Fsp3) is 0.300. The van der Waals surface area contributed by atoms with E-state index in [4.69, 9.17) is 0 Å². The van der Waals surface area contributed by atoms with E-state index in [1.165, 1.54) is 12.1 Å². The minimum Gasteiger partial charge on any atom is -0.321 e. The van der Waals surface area contributed by atoms with Gasteiger partial charge >= 0.3 is 0 Å². The first-order chi connectivity index (χ1) is 18.9. The standard InChI is InChI=1S/C30H32FN7O/c1-4-6-27(29-34-35-36-38(29)18-22-8-10-26(31)11-9-22)37(17-23-7-5-12-32-16-23)19-25-15-24-14-20(2)13-21(3)28(24)33-30(25)39/h5,7-16,27H,4,6,17-19H2,1-3H3,(H,33,39)/t27-/m1/s1. The monoisotopic (exact) mass is 525 g/mol. The molecule has 0 saturated heterocycles. The number of H-pyrrole nitrogens is 1. The molecule has 5 rings (SSSR count). The van der Waals surface area contributed by atoms with Crippen molar-refractivity contribution in [3.8, 4) is 0 Å². The highest BCUT2D eigenvalue weighted by molar-refractivity contribution is 5.82. The zero-order valence-corrected chi connectivity index (χ0v) is 22.4. The highest BCUT2D eigenvalue weighted by atomic mass is 19.1. The molecule has 0 spiro atoms. The molecule has 0 bridgehead atoms. The Bertz CT molecular complexity index is 1610. The lowest BCUT2D eigenvalue weighted by Gasteiger charge is -2.31. The summed E-state index contributed by atoms with van der Waals surface area (Å²) in [7, 11) is 0. The number of rotatable bonds is 10. The maximum Gasteiger partial charge on any atom is 0.252 e. The first kappa shape index (κ1) is 26.4. The van der Waals surface area contributed by atoms with Gasteiger partial charge in [-0.3, -0.25) is 14.7 Å². The van der Waals surface area contributed by atoms with Crippen molar-refractivity contribution in [2.45, 2.75) is 59.3 Å². The Balaban J connectivity index is 1.54. The van der Waals surface area contributed by atoms with E-state index in [0.29, 0.717) is 31.0 Å². The Kier molecular flexibility index (Phi) is 7.88. The Labute approximate surface area is 226 Å². The fourth-order valence-corrected chi connectivity index (χ4v) is 5.14. The normalized spacial score (nSPS) is 12.3. The molecule has 3 heterocycles. The number of tetrazole rings is 1. The molecule has 5 aromatic rings. The number of halogens is 1. The van der Waals surface area contributed by atoms with Crippen molar-refractivity contribution in [3.63, 3.8) is 0 Å². The number of aromatic amines is 1. The van der Waals surface area contributed by atoms with Crippen LogP contribution in [0.3, 0.4) is 0 Å². The molecule has 0 amide bonds. The average molecular weight is 526 g/mol. The van der Waals surface area contributed by atoms with Gasteiger partial charge in [0.1, 0.15) is 5.82 Å². The van der Waals surface area contributed by atoms with Crippen LogP contribution in [0.2, 0.25) is 0 Å². The summed E-state index contributed by atoms with van der Waals surface area (Å²) in [5.74, 6) is 0.419. The summed E-state index contributed by atoms with van der Waals surface area (Å²) >= 11 is 0. The van der Waals surface area contributed by atoms with Crippen molar-refractivity contribution in [3.05, 3.63) is 117 Å². The van der Waals surface area contributed by atoms with Crippen LogP contribution in [0.25, 0.3) is 10.9 Å². The molecule has 0 aliphatic carbocycles. The first-order valence-corrected chi connectivity index (χ1v) is 13.2. The van der Waals surface area contributed by atoms with E-state index in [0.717, 1.165) is 46.0 Å². The first-order valence-electron chi connectivity index (χ1n) is 13.2. The molecule has 8 nitrogen and oxygen atoms in total. The smallest absolute Gasteiger partial charge is 0.252 e. The van der Waals surface area contributed by atoms with E-state index in [2.05, 4.69) is 56.4 Å². The Hall–Kier alpha value is -4.24. The van der Waals surface area contributed by atoms with Crippen molar-refractivity contribution in [1.82, 2.24) is 35.1 Å². The molecular weight excluding hydrogens is 493 g/mol. The van der Waals surface area contributed by atoms with Crippen LogP contribution in [0, 0.1) is 19.7 Å². The minimum absolute atomic E-state index is 0.105. The van der Waals surface area contributed by atoms with E-state index < -0.39 is 0 Å². The number of benzene rings is 2. The molecule has 3 aromatic heterocycles. The fourth-order valence-electron chi connectivity index (χ4n) is 5.14. The number of aromatic nitrogens is 6. The summed E-state index contributed by atoms with van der Waals surface area (Å²) < 4.78 is 15.2. The van der Waals surface area contributed by atoms with Crippen molar-refractivity contribution in [2.24, 2.45) is 0 Å². The summed E-state index contributed by atoms with van der Waals surface area (Å²) in [5, 5.41) is 13.7. The van der Waals surface area contributed by atoms with Crippen molar-refractivity contribution < 1.29 is 4.39 Å². The zero-order chi connectivity index (χ0) is 27.4. The van der Waals surface area contributed by atoms with Gasteiger partial charge in [-0.2, -0.15) is 0 Å². The second-order valence-corrected chi connectivity index (χ2v) is 10.1. The van der Waals surface area contributed by atoms with Gasteiger partial charge in [0.15, 0.2) is 5.82 Å². The lowest BCUT2D eigenvalue weighted by atomic mass is 10.0. The third kappa shape index (κ3) is 6.09. The van der Waals surface area contributed by atoms with Crippen LogP contribution in [0.4, 0.5) is 4.39 Å². The van der Waals surface area contributed by atoms with E-state index in [-0.39, 0.29) is 17.4 Å². The lowest BCUT2D eigenvalue weighted by Crippen LogP contribution is -2.32. The van der Waals surface area contributed by atoms with Crippen LogP contribution in [-0.4, -0.2) is 35.1 Å². The maximum atomic E-state index is 13.5. The van der Waals surface area contributed by atoms with E-state index in [1.807, 2.05) is 31.3 Å². The molecule has 9 heteroatoms. The van der Waals surface area contributed by atoms with Crippen LogP contribution in [0.5, 0.6) is 0 Å². The van der Waals surface area contributed by atoms with Crippen LogP contribution in [0.1, 0.15) is 59.4 Å². The summed E-state index contributed by atoms with van der Waals surface area (Å²) in [6, 6.07) is 16.3. The van der Waals surface area contributed by atoms with Crippen LogP contribution >= 0.6 is 0 Å². The third-order valence-electron chi connectivity index (χ3n) is 6.96. The molecule has 0 aliphatic rings. The minimum atomic E-state index is -0.284. The quantitative estimate of drug-likeness (QED) is 0.268. The molecular formula is C30H32FN7O. The summed E-state index contributed by atoms with van der Waals surface area (Å²) in [5.41, 5.74) is 5.55. The highest BCUT2D eigenvalue weighted by Gasteiger charge is 2.27. The van der Waals surface area contributed by atoms with Crippen molar-refractivity contribution >= 4 is 10.9 Å². The molecule has 0 saturated carbocycles. The highest BCUT2D eigenvalue weighted by Crippen LogP contribution is 2.28. The van der Waals surface area contributed by atoms with E-state index in [1.54, 1.807) is 23.0 Å². The Morgan fingerprint density at radius 1 is 1.05 bits per heavy atom. The van der Waals surface area contributed by atoms with Gasteiger partial charge in [-0.05, 0) is 83.1 Å². The second kappa shape index (κ2) is 11.7. The molecule has 0 unspecified atom stereocenters. The number of aryl methyl sites for hydroxylation is 2. The van der Waals surface area contributed by atoms with Gasteiger partial charge in [0.2, 0.25) is 0 Å². The van der Waals surface area contributed by atoms with Crippen molar-refractivity contribution in [2.75, 3.05) is 0 Å². The van der Waals surface area contributed by atoms with Crippen LogP contribution in [0.15, 0.2) is 71.8 Å².